The summed E-state index contributed by atoms with van der Waals surface area (Å²) in [5, 5.41) is 2.54. The van der Waals surface area contributed by atoms with Crippen molar-refractivity contribution in [3.63, 3.8) is 0 Å². The molecule has 3 rings (SSSR count). The number of imide groups is 1. The van der Waals surface area contributed by atoms with Crippen molar-refractivity contribution in [2.45, 2.75) is 33.4 Å². The van der Waals surface area contributed by atoms with Crippen LogP contribution in [0.3, 0.4) is 0 Å². The van der Waals surface area contributed by atoms with Crippen LogP contribution in [0.1, 0.15) is 42.6 Å². The minimum absolute atomic E-state index is 0.0343. The number of carbonyl (C=O) groups is 4. The van der Waals surface area contributed by atoms with Crippen molar-refractivity contribution in [1.82, 2.24) is 10.2 Å². The summed E-state index contributed by atoms with van der Waals surface area (Å²) in [7, 11) is 1.22. The van der Waals surface area contributed by atoms with Crippen molar-refractivity contribution in [3.8, 4) is 11.5 Å². The zero-order valence-corrected chi connectivity index (χ0v) is 22.2. The molecule has 0 bridgehead atoms. The minimum Gasteiger partial charge on any atom is -0.490 e. The predicted molar refractivity (Wildman–Crippen MR) is 134 cm³/mol. The molecule has 192 valence electrons. The number of hydrogen-bond acceptors (Lipinski definition) is 9. The highest BCUT2D eigenvalue weighted by Crippen LogP contribution is 2.36. The fourth-order valence-corrected chi connectivity index (χ4v) is 4.00. The zero-order chi connectivity index (χ0) is 26.4. The maximum Gasteiger partial charge on any atom is 0.373 e. The first kappa shape index (κ1) is 27.0. The number of esters is 2. The average Bonchev–Trinajstić information content (AvgIpc) is 3.41. The van der Waals surface area contributed by atoms with Gasteiger partial charge in [-0.2, -0.15) is 0 Å². The number of methoxy groups -OCH3 is 1. The molecule has 2 aromatic rings. The predicted octanol–water partition coefficient (Wildman–Crippen LogP) is 3.49. The van der Waals surface area contributed by atoms with Gasteiger partial charge in [0.1, 0.15) is 11.5 Å². The van der Waals surface area contributed by atoms with E-state index in [1.54, 1.807) is 32.9 Å². The molecular weight excluding hydrogens is 587 g/mol. The largest absolute Gasteiger partial charge is 0.490 e. The third-order valence-corrected chi connectivity index (χ3v) is 5.68. The van der Waals surface area contributed by atoms with E-state index in [2.05, 4.69) is 10.1 Å². The standard InChI is InChI=1S/C24H25IN2O9/c1-5-33-19-11-14(9-16(25)20(19)35-13(3)22(29)34-6-2)10-17-21(28)27(24(31)26-17)12-15-7-8-18(36-15)23(30)32-4/h7-11,13H,5-6,12H2,1-4H3,(H,26,31)/b17-10-/t13-/m0/s1. The van der Waals surface area contributed by atoms with Gasteiger partial charge in [0.05, 0.1) is 30.4 Å². The Hall–Kier alpha value is -3.55. The normalized spacial score (nSPS) is 15.0. The topological polar surface area (TPSA) is 134 Å². The van der Waals surface area contributed by atoms with Gasteiger partial charge in [0, 0.05) is 0 Å². The van der Waals surface area contributed by atoms with E-state index in [9.17, 15) is 19.2 Å². The molecule has 0 unspecified atom stereocenters. The minimum atomic E-state index is -0.854. The molecule has 36 heavy (non-hydrogen) atoms. The lowest BCUT2D eigenvalue weighted by Gasteiger charge is -2.18. The van der Waals surface area contributed by atoms with Gasteiger partial charge in [-0.05, 0) is 79.3 Å². The molecule has 0 spiro atoms. The summed E-state index contributed by atoms with van der Waals surface area (Å²) in [6.07, 6.45) is 0.651. The van der Waals surface area contributed by atoms with Crippen molar-refractivity contribution in [2.24, 2.45) is 0 Å². The lowest BCUT2D eigenvalue weighted by molar-refractivity contribution is -0.150. The monoisotopic (exact) mass is 612 g/mol. The van der Waals surface area contributed by atoms with Crippen LogP contribution in [0.15, 0.2) is 34.4 Å². The molecule has 1 atom stereocenters. The molecule has 1 aliphatic heterocycles. The van der Waals surface area contributed by atoms with E-state index in [1.165, 1.54) is 25.3 Å². The second-order valence-electron chi connectivity index (χ2n) is 7.41. The number of amides is 3. The molecule has 1 N–H and O–H groups in total. The Kier molecular flexibility index (Phi) is 8.96. The number of benzene rings is 1. The number of ether oxygens (including phenoxy) is 4. The summed E-state index contributed by atoms with van der Waals surface area (Å²) in [5.74, 6) is -0.798. The van der Waals surface area contributed by atoms with E-state index in [1.807, 2.05) is 22.6 Å². The highest BCUT2D eigenvalue weighted by atomic mass is 127. The van der Waals surface area contributed by atoms with Crippen LogP contribution in [-0.4, -0.2) is 55.2 Å². The molecule has 0 aliphatic carbocycles. The van der Waals surface area contributed by atoms with Crippen LogP contribution < -0.4 is 14.8 Å². The Balaban J connectivity index is 1.82. The summed E-state index contributed by atoms with van der Waals surface area (Å²) in [4.78, 5) is 49.9. The van der Waals surface area contributed by atoms with E-state index < -0.39 is 30.0 Å². The molecule has 2 heterocycles. The first-order valence-electron chi connectivity index (χ1n) is 11.0. The SMILES string of the molecule is CCOC(=O)[C@H](C)Oc1c(I)cc(/C=C2\NC(=O)N(Cc3ccc(C(=O)OC)o3)C2=O)cc1OCC. The van der Waals surface area contributed by atoms with Crippen LogP contribution in [0.25, 0.3) is 6.08 Å². The van der Waals surface area contributed by atoms with Crippen LogP contribution in [0.2, 0.25) is 0 Å². The Bertz CT molecular complexity index is 1200. The molecule has 0 radical (unpaired) electrons. The quantitative estimate of drug-likeness (QED) is 0.185. The lowest BCUT2D eigenvalue weighted by atomic mass is 10.1. The molecule has 1 aliphatic rings. The highest BCUT2D eigenvalue weighted by molar-refractivity contribution is 14.1. The number of rotatable bonds is 10. The molecule has 11 nitrogen and oxygen atoms in total. The highest BCUT2D eigenvalue weighted by Gasteiger charge is 2.34. The third-order valence-electron chi connectivity index (χ3n) is 4.88. The Morgan fingerprint density at radius 3 is 2.61 bits per heavy atom. The van der Waals surface area contributed by atoms with E-state index in [0.717, 1.165) is 4.90 Å². The van der Waals surface area contributed by atoms with Crippen LogP contribution >= 0.6 is 22.6 Å². The number of hydrogen-bond donors (Lipinski definition) is 1. The van der Waals surface area contributed by atoms with Crippen LogP contribution in [0.4, 0.5) is 4.79 Å². The number of urea groups is 1. The first-order valence-corrected chi connectivity index (χ1v) is 12.1. The van der Waals surface area contributed by atoms with Crippen molar-refractivity contribution < 1.29 is 42.5 Å². The molecule has 0 saturated carbocycles. The third kappa shape index (κ3) is 6.17. The Labute approximate surface area is 220 Å². The van der Waals surface area contributed by atoms with E-state index in [4.69, 9.17) is 18.6 Å². The summed E-state index contributed by atoms with van der Waals surface area (Å²) in [6.45, 7) is 5.49. The maximum atomic E-state index is 12.9. The van der Waals surface area contributed by atoms with Gasteiger partial charge in [-0.3, -0.25) is 9.69 Å². The average molecular weight is 612 g/mol. The van der Waals surface area contributed by atoms with Gasteiger partial charge in [-0.15, -0.1) is 0 Å². The van der Waals surface area contributed by atoms with E-state index in [-0.39, 0.29) is 30.4 Å². The van der Waals surface area contributed by atoms with Gasteiger partial charge >= 0.3 is 18.0 Å². The van der Waals surface area contributed by atoms with E-state index in [0.29, 0.717) is 27.2 Å². The molecule has 1 aromatic carbocycles. The first-order chi connectivity index (χ1) is 17.2. The summed E-state index contributed by atoms with van der Waals surface area (Å²) in [5.41, 5.74) is 0.613. The van der Waals surface area contributed by atoms with Crippen molar-refractivity contribution in [2.75, 3.05) is 20.3 Å². The van der Waals surface area contributed by atoms with Gasteiger partial charge in [-0.1, -0.05) is 0 Å². The van der Waals surface area contributed by atoms with E-state index >= 15 is 0 Å². The molecular formula is C24H25IN2O9. The maximum absolute atomic E-state index is 12.9. The van der Waals surface area contributed by atoms with Gasteiger partial charge < -0.3 is 28.7 Å². The van der Waals surface area contributed by atoms with Crippen LogP contribution in [-0.2, 0) is 25.6 Å². The van der Waals surface area contributed by atoms with Crippen LogP contribution in [0, 0.1) is 3.57 Å². The molecule has 3 amide bonds. The Morgan fingerprint density at radius 2 is 1.94 bits per heavy atom. The second kappa shape index (κ2) is 11.9. The number of nitrogens with zero attached hydrogens (tertiary/aromatic N) is 1. The summed E-state index contributed by atoms with van der Waals surface area (Å²) >= 11 is 2.04. The van der Waals surface area contributed by atoms with Gasteiger partial charge in [0.15, 0.2) is 17.6 Å². The van der Waals surface area contributed by atoms with Crippen LogP contribution in [0.5, 0.6) is 11.5 Å². The molecule has 12 heteroatoms. The van der Waals surface area contributed by atoms with Crippen molar-refractivity contribution >= 4 is 52.5 Å². The molecule has 1 aromatic heterocycles. The van der Waals surface area contributed by atoms with Crippen molar-refractivity contribution in [3.05, 3.63) is 50.6 Å². The summed E-state index contributed by atoms with van der Waals surface area (Å²) in [6, 6.07) is 5.62. The number of carbonyl (C=O) groups excluding carboxylic acids is 4. The molecule has 1 saturated heterocycles. The lowest BCUT2D eigenvalue weighted by Crippen LogP contribution is -2.30. The smallest absolute Gasteiger partial charge is 0.373 e. The zero-order valence-electron chi connectivity index (χ0n) is 20.1. The number of nitrogens with one attached hydrogen (secondary N) is 1. The number of furan rings is 1. The Morgan fingerprint density at radius 1 is 1.19 bits per heavy atom. The van der Waals surface area contributed by atoms with Crippen molar-refractivity contribution in [1.29, 1.82) is 0 Å². The second-order valence-corrected chi connectivity index (χ2v) is 8.57. The van der Waals surface area contributed by atoms with Gasteiger partial charge in [-0.25, -0.2) is 14.4 Å². The van der Waals surface area contributed by atoms with Gasteiger partial charge in [0.25, 0.3) is 5.91 Å². The van der Waals surface area contributed by atoms with Gasteiger partial charge in [0.2, 0.25) is 5.76 Å². The fraction of sp³-hybridized carbons (Fsp3) is 0.333. The number of halogens is 1. The molecule has 1 fully saturated rings. The summed E-state index contributed by atoms with van der Waals surface area (Å²) < 4.78 is 27.1. The fourth-order valence-electron chi connectivity index (χ4n) is 3.24.